The van der Waals surface area contributed by atoms with Crippen molar-refractivity contribution in [3.63, 3.8) is 0 Å². The van der Waals surface area contributed by atoms with E-state index in [1.54, 1.807) is 10.9 Å². The van der Waals surface area contributed by atoms with Gasteiger partial charge in [-0.2, -0.15) is 5.10 Å². The Labute approximate surface area is 110 Å². The minimum Gasteiger partial charge on any atom is -0.394 e. The largest absolute Gasteiger partial charge is 0.394 e. The molecule has 3 aromatic rings. The van der Waals surface area contributed by atoms with Crippen LogP contribution in [0.1, 0.15) is 0 Å². The van der Waals surface area contributed by atoms with Gasteiger partial charge in [-0.15, -0.1) is 0 Å². The van der Waals surface area contributed by atoms with E-state index in [-0.39, 0.29) is 6.61 Å². The second-order valence-corrected chi connectivity index (χ2v) is 4.28. The van der Waals surface area contributed by atoms with E-state index in [9.17, 15) is 0 Å². The number of rotatable bonds is 3. The van der Waals surface area contributed by atoms with Gasteiger partial charge in [0.25, 0.3) is 0 Å². The van der Waals surface area contributed by atoms with Gasteiger partial charge in [-0.3, -0.25) is 4.98 Å². The van der Waals surface area contributed by atoms with Crippen LogP contribution >= 0.6 is 0 Å². The van der Waals surface area contributed by atoms with E-state index in [1.165, 1.54) is 0 Å². The molecule has 5 heteroatoms. The van der Waals surface area contributed by atoms with Crippen LogP contribution in [-0.2, 0) is 6.54 Å². The van der Waals surface area contributed by atoms with Crippen molar-refractivity contribution in [3.8, 4) is 11.3 Å². The lowest BCUT2D eigenvalue weighted by atomic mass is 10.1. The standard InChI is InChI=1S/C14H14N4O/c15-14-9-13(17-18(14)7-8-19)11-5-6-16-12-4-2-1-3-10(11)12/h1-6,9,19H,7-8,15H2. The van der Waals surface area contributed by atoms with Gasteiger partial charge in [-0.25, -0.2) is 4.68 Å². The summed E-state index contributed by atoms with van der Waals surface area (Å²) in [7, 11) is 0. The highest BCUT2D eigenvalue weighted by atomic mass is 16.3. The summed E-state index contributed by atoms with van der Waals surface area (Å²) in [5, 5.41) is 14.4. The smallest absolute Gasteiger partial charge is 0.122 e. The molecule has 0 atom stereocenters. The van der Waals surface area contributed by atoms with Gasteiger partial charge in [0, 0.05) is 23.2 Å². The molecule has 0 unspecified atom stereocenters. The normalized spacial score (nSPS) is 11.0. The Morgan fingerprint density at radius 3 is 2.89 bits per heavy atom. The van der Waals surface area contributed by atoms with Crippen molar-refractivity contribution in [1.29, 1.82) is 0 Å². The van der Waals surface area contributed by atoms with Crippen LogP contribution in [0, 0.1) is 0 Å². The number of anilines is 1. The lowest BCUT2D eigenvalue weighted by Gasteiger charge is -2.03. The molecule has 2 aromatic heterocycles. The molecule has 0 amide bonds. The fraction of sp³-hybridized carbons (Fsp3) is 0.143. The number of aliphatic hydroxyl groups excluding tert-OH is 1. The number of aliphatic hydroxyl groups is 1. The lowest BCUT2D eigenvalue weighted by Crippen LogP contribution is -2.07. The van der Waals surface area contributed by atoms with Gasteiger partial charge in [0.15, 0.2) is 0 Å². The highest BCUT2D eigenvalue weighted by Crippen LogP contribution is 2.27. The third-order valence-corrected chi connectivity index (χ3v) is 3.05. The topological polar surface area (TPSA) is 77.0 Å². The first kappa shape index (κ1) is 11.7. The predicted octanol–water partition coefficient (Wildman–Crippen LogP) is 1.67. The highest BCUT2D eigenvalue weighted by Gasteiger charge is 2.10. The second kappa shape index (κ2) is 4.70. The molecule has 0 radical (unpaired) electrons. The SMILES string of the molecule is Nc1cc(-c2ccnc3ccccc23)nn1CCO. The van der Waals surface area contributed by atoms with E-state index in [1.807, 2.05) is 36.4 Å². The number of nitrogens with zero attached hydrogens (tertiary/aromatic N) is 3. The molecular formula is C14H14N4O. The Bertz CT molecular complexity index is 715. The molecule has 0 saturated carbocycles. The summed E-state index contributed by atoms with van der Waals surface area (Å²) in [6, 6.07) is 11.6. The molecule has 0 aliphatic rings. The molecule has 1 aromatic carbocycles. The van der Waals surface area contributed by atoms with E-state index in [0.29, 0.717) is 12.4 Å². The van der Waals surface area contributed by atoms with Crippen molar-refractivity contribution in [2.75, 3.05) is 12.3 Å². The Balaban J connectivity index is 2.16. The van der Waals surface area contributed by atoms with Gasteiger partial charge < -0.3 is 10.8 Å². The van der Waals surface area contributed by atoms with Crippen molar-refractivity contribution in [1.82, 2.24) is 14.8 Å². The van der Waals surface area contributed by atoms with E-state index in [0.717, 1.165) is 22.2 Å². The number of benzene rings is 1. The molecule has 19 heavy (non-hydrogen) atoms. The predicted molar refractivity (Wildman–Crippen MR) is 74.5 cm³/mol. The molecule has 0 spiro atoms. The van der Waals surface area contributed by atoms with Crippen LogP contribution in [0.3, 0.4) is 0 Å². The Hall–Kier alpha value is -2.40. The lowest BCUT2D eigenvalue weighted by molar-refractivity contribution is 0.270. The molecule has 0 aliphatic carbocycles. The molecule has 0 bridgehead atoms. The summed E-state index contributed by atoms with van der Waals surface area (Å²) in [6.07, 6.45) is 1.76. The Morgan fingerprint density at radius 2 is 2.05 bits per heavy atom. The zero-order valence-electron chi connectivity index (χ0n) is 10.3. The van der Waals surface area contributed by atoms with Crippen LogP contribution in [-0.4, -0.2) is 26.5 Å². The average Bonchev–Trinajstić information content (AvgIpc) is 2.80. The van der Waals surface area contributed by atoms with Crippen LogP contribution in [0.15, 0.2) is 42.6 Å². The average molecular weight is 254 g/mol. The minimum atomic E-state index is 0.0163. The zero-order chi connectivity index (χ0) is 13.2. The number of nitrogen functional groups attached to an aromatic ring is 1. The molecule has 3 N–H and O–H groups in total. The molecule has 5 nitrogen and oxygen atoms in total. The van der Waals surface area contributed by atoms with Crippen LogP contribution in [0.5, 0.6) is 0 Å². The van der Waals surface area contributed by atoms with E-state index in [4.69, 9.17) is 10.8 Å². The number of para-hydroxylation sites is 1. The third kappa shape index (κ3) is 2.04. The van der Waals surface area contributed by atoms with Crippen molar-refractivity contribution < 1.29 is 5.11 Å². The molecule has 0 aliphatic heterocycles. The summed E-state index contributed by atoms with van der Waals surface area (Å²) in [4.78, 5) is 4.33. The monoisotopic (exact) mass is 254 g/mol. The van der Waals surface area contributed by atoms with Crippen molar-refractivity contribution in [3.05, 3.63) is 42.6 Å². The summed E-state index contributed by atoms with van der Waals surface area (Å²) >= 11 is 0. The van der Waals surface area contributed by atoms with Gasteiger partial charge in [0.2, 0.25) is 0 Å². The van der Waals surface area contributed by atoms with E-state index >= 15 is 0 Å². The highest BCUT2D eigenvalue weighted by molar-refractivity contribution is 5.93. The number of hydrogen-bond acceptors (Lipinski definition) is 4. The van der Waals surface area contributed by atoms with Crippen molar-refractivity contribution in [2.24, 2.45) is 0 Å². The second-order valence-electron chi connectivity index (χ2n) is 4.28. The zero-order valence-corrected chi connectivity index (χ0v) is 10.3. The molecule has 0 fully saturated rings. The van der Waals surface area contributed by atoms with Gasteiger partial charge in [0.05, 0.1) is 24.4 Å². The Morgan fingerprint density at radius 1 is 1.21 bits per heavy atom. The number of nitrogens with two attached hydrogens (primary N) is 1. The number of fused-ring (bicyclic) bond motifs is 1. The molecular weight excluding hydrogens is 240 g/mol. The van der Waals surface area contributed by atoms with Gasteiger partial charge >= 0.3 is 0 Å². The molecule has 96 valence electrons. The van der Waals surface area contributed by atoms with Crippen LogP contribution < -0.4 is 5.73 Å². The fourth-order valence-corrected chi connectivity index (χ4v) is 2.16. The molecule has 0 saturated heterocycles. The van der Waals surface area contributed by atoms with Crippen LogP contribution in [0.4, 0.5) is 5.82 Å². The quantitative estimate of drug-likeness (QED) is 0.745. The van der Waals surface area contributed by atoms with Crippen molar-refractivity contribution >= 4 is 16.7 Å². The van der Waals surface area contributed by atoms with Crippen LogP contribution in [0.25, 0.3) is 22.2 Å². The van der Waals surface area contributed by atoms with Gasteiger partial charge in [0.1, 0.15) is 5.82 Å². The number of hydrogen-bond donors (Lipinski definition) is 2. The first-order chi connectivity index (χ1) is 9.29. The summed E-state index contributed by atoms with van der Waals surface area (Å²) < 4.78 is 1.60. The fourth-order valence-electron chi connectivity index (χ4n) is 2.16. The molecule has 3 rings (SSSR count). The number of aromatic nitrogens is 3. The van der Waals surface area contributed by atoms with Crippen molar-refractivity contribution in [2.45, 2.75) is 6.54 Å². The van der Waals surface area contributed by atoms with Gasteiger partial charge in [-0.1, -0.05) is 18.2 Å². The van der Waals surface area contributed by atoms with E-state index < -0.39 is 0 Å². The Kier molecular flexibility index (Phi) is 2.89. The summed E-state index contributed by atoms with van der Waals surface area (Å²) in [5.74, 6) is 0.546. The first-order valence-electron chi connectivity index (χ1n) is 6.08. The maximum atomic E-state index is 8.97. The summed E-state index contributed by atoms with van der Waals surface area (Å²) in [6.45, 7) is 0.414. The number of pyridine rings is 1. The molecule has 2 heterocycles. The first-order valence-corrected chi connectivity index (χ1v) is 6.08. The van der Waals surface area contributed by atoms with Crippen LogP contribution in [0.2, 0.25) is 0 Å². The minimum absolute atomic E-state index is 0.0163. The maximum Gasteiger partial charge on any atom is 0.122 e. The third-order valence-electron chi connectivity index (χ3n) is 3.05. The summed E-state index contributed by atoms with van der Waals surface area (Å²) in [5.41, 5.74) is 8.60. The van der Waals surface area contributed by atoms with Gasteiger partial charge in [-0.05, 0) is 12.1 Å². The van der Waals surface area contributed by atoms with E-state index in [2.05, 4.69) is 10.1 Å². The maximum absolute atomic E-state index is 8.97.